The predicted octanol–water partition coefficient (Wildman–Crippen LogP) is 4.65. The molecule has 0 aliphatic carbocycles. The van der Waals surface area contributed by atoms with Crippen LogP contribution >= 0.6 is 27.7 Å². The summed E-state index contributed by atoms with van der Waals surface area (Å²) in [5.41, 5.74) is -4.27. The molecule has 0 spiro atoms. The van der Waals surface area contributed by atoms with Crippen LogP contribution in [0.3, 0.4) is 0 Å². The second-order valence-electron chi connectivity index (χ2n) is 2.97. The van der Waals surface area contributed by atoms with Gasteiger partial charge in [-0.25, -0.2) is 0 Å². The SMILES string of the molecule is CCC(=O)c1cc(Br)ccc1SC(F)(F)F. The maximum absolute atomic E-state index is 12.2. The van der Waals surface area contributed by atoms with Gasteiger partial charge in [-0.1, -0.05) is 22.9 Å². The number of alkyl halides is 3. The Morgan fingerprint density at radius 1 is 1.44 bits per heavy atom. The van der Waals surface area contributed by atoms with Crippen LogP contribution in [0.1, 0.15) is 23.7 Å². The Hall–Kier alpha value is -0.490. The first-order chi connectivity index (χ1) is 7.33. The van der Waals surface area contributed by atoms with Crippen LogP contribution in [0.15, 0.2) is 27.6 Å². The highest BCUT2D eigenvalue weighted by Crippen LogP contribution is 2.39. The van der Waals surface area contributed by atoms with Gasteiger partial charge in [0.05, 0.1) is 0 Å². The lowest BCUT2D eigenvalue weighted by Crippen LogP contribution is -2.04. The standard InChI is InChI=1S/C10H8BrF3OS/c1-2-8(15)7-5-6(11)3-4-9(7)16-10(12,13)14/h3-5H,2H2,1H3. The average Bonchev–Trinajstić information content (AvgIpc) is 2.17. The minimum absolute atomic E-state index is 0.0532. The molecular weight excluding hydrogens is 305 g/mol. The smallest absolute Gasteiger partial charge is 0.294 e. The van der Waals surface area contributed by atoms with Crippen molar-refractivity contribution in [2.75, 3.05) is 0 Å². The first-order valence-electron chi connectivity index (χ1n) is 4.42. The number of thioether (sulfide) groups is 1. The maximum atomic E-state index is 12.2. The third-order valence-electron chi connectivity index (χ3n) is 1.79. The Bertz CT molecular complexity index is 404. The first-order valence-corrected chi connectivity index (χ1v) is 6.03. The highest BCUT2D eigenvalue weighted by atomic mass is 79.9. The van der Waals surface area contributed by atoms with Crippen LogP contribution in [0, 0.1) is 0 Å². The Balaban J connectivity index is 3.13. The van der Waals surface area contributed by atoms with E-state index >= 15 is 0 Å². The van der Waals surface area contributed by atoms with Gasteiger partial charge in [-0.05, 0) is 30.0 Å². The molecule has 16 heavy (non-hydrogen) atoms. The van der Waals surface area contributed by atoms with Crippen molar-refractivity contribution in [2.45, 2.75) is 23.7 Å². The molecule has 0 fully saturated rings. The second kappa shape index (κ2) is 5.23. The van der Waals surface area contributed by atoms with E-state index < -0.39 is 5.51 Å². The van der Waals surface area contributed by atoms with E-state index in [1.807, 2.05) is 0 Å². The van der Waals surface area contributed by atoms with Gasteiger partial charge in [-0.3, -0.25) is 4.79 Å². The van der Waals surface area contributed by atoms with Gasteiger partial charge in [0.25, 0.3) is 0 Å². The molecule has 0 N–H and O–H groups in total. The van der Waals surface area contributed by atoms with Gasteiger partial charge in [0.1, 0.15) is 0 Å². The van der Waals surface area contributed by atoms with Crippen molar-refractivity contribution in [3.63, 3.8) is 0 Å². The van der Waals surface area contributed by atoms with Crippen LogP contribution < -0.4 is 0 Å². The van der Waals surface area contributed by atoms with Crippen LogP contribution in [0.4, 0.5) is 13.2 Å². The largest absolute Gasteiger partial charge is 0.446 e. The molecule has 0 saturated heterocycles. The summed E-state index contributed by atoms with van der Waals surface area (Å²) in [5, 5.41) is 0. The minimum atomic E-state index is -4.38. The fourth-order valence-corrected chi connectivity index (χ4v) is 2.15. The van der Waals surface area contributed by atoms with Gasteiger partial charge in [0.15, 0.2) is 5.78 Å². The summed E-state index contributed by atoms with van der Waals surface area (Å²) in [6, 6.07) is 4.20. The summed E-state index contributed by atoms with van der Waals surface area (Å²) in [7, 11) is 0. The van der Waals surface area contributed by atoms with Crippen LogP contribution in [0.5, 0.6) is 0 Å². The van der Waals surface area contributed by atoms with Crippen molar-refractivity contribution >= 4 is 33.5 Å². The number of benzene rings is 1. The summed E-state index contributed by atoms with van der Waals surface area (Å²) < 4.78 is 37.3. The predicted molar refractivity (Wildman–Crippen MR) is 60.7 cm³/mol. The molecule has 1 nitrogen and oxygen atoms in total. The Morgan fingerprint density at radius 3 is 2.56 bits per heavy atom. The lowest BCUT2D eigenvalue weighted by Gasteiger charge is -2.10. The van der Waals surface area contributed by atoms with Crippen LogP contribution in [-0.2, 0) is 0 Å². The van der Waals surface area contributed by atoms with Gasteiger partial charge in [0, 0.05) is 21.4 Å². The van der Waals surface area contributed by atoms with Crippen molar-refractivity contribution in [1.82, 2.24) is 0 Å². The van der Waals surface area contributed by atoms with Gasteiger partial charge < -0.3 is 0 Å². The van der Waals surface area contributed by atoms with Gasteiger partial charge in [0.2, 0.25) is 0 Å². The third-order valence-corrected chi connectivity index (χ3v) is 3.09. The summed E-state index contributed by atoms with van der Waals surface area (Å²) in [4.78, 5) is 11.4. The maximum Gasteiger partial charge on any atom is 0.446 e. The summed E-state index contributed by atoms with van der Waals surface area (Å²) >= 11 is 2.87. The molecule has 0 heterocycles. The number of hydrogen-bond acceptors (Lipinski definition) is 2. The molecule has 0 unspecified atom stereocenters. The van der Waals surface area contributed by atoms with Crippen molar-refractivity contribution in [3.8, 4) is 0 Å². The molecule has 1 aromatic carbocycles. The molecule has 88 valence electrons. The molecule has 0 amide bonds. The van der Waals surface area contributed by atoms with E-state index in [2.05, 4.69) is 15.9 Å². The van der Waals surface area contributed by atoms with Crippen LogP contribution in [0.2, 0.25) is 0 Å². The highest BCUT2D eigenvalue weighted by Gasteiger charge is 2.31. The number of Topliss-reactive ketones (excluding diaryl/α,β-unsaturated/α-hetero) is 1. The molecular formula is C10H8BrF3OS. The molecule has 0 aromatic heterocycles. The van der Waals surface area contributed by atoms with E-state index in [0.29, 0.717) is 4.47 Å². The zero-order chi connectivity index (χ0) is 12.3. The quantitative estimate of drug-likeness (QED) is 0.597. The normalized spacial score (nSPS) is 11.6. The summed E-state index contributed by atoms with van der Waals surface area (Å²) in [6.45, 7) is 1.62. The zero-order valence-electron chi connectivity index (χ0n) is 8.27. The molecule has 1 aromatic rings. The van der Waals surface area contributed by atoms with Crippen molar-refractivity contribution in [1.29, 1.82) is 0 Å². The van der Waals surface area contributed by atoms with Gasteiger partial charge >= 0.3 is 5.51 Å². The van der Waals surface area contributed by atoms with Crippen LogP contribution in [-0.4, -0.2) is 11.3 Å². The van der Waals surface area contributed by atoms with E-state index in [1.165, 1.54) is 18.2 Å². The number of rotatable bonds is 3. The fraction of sp³-hybridized carbons (Fsp3) is 0.300. The van der Waals surface area contributed by atoms with E-state index in [0.717, 1.165) is 0 Å². The summed E-state index contributed by atoms with van der Waals surface area (Å²) in [5.74, 6) is -0.298. The number of carbonyl (C=O) groups is 1. The number of carbonyl (C=O) groups excluding carboxylic acids is 1. The molecule has 0 aliphatic heterocycles. The number of ketones is 1. The van der Waals surface area contributed by atoms with E-state index in [4.69, 9.17) is 0 Å². The van der Waals surface area contributed by atoms with Crippen molar-refractivity contribution in [2.24, 2.45) is 0 Å². The van der Waals surface area contributed by atoms with Gasteiger partial charge in [-0.15, -0.1) is 0 Å². The molecule has 1 rings (SSSR count). The van der Waals surface area contributed by atoms with E-state index in [1.54, 1.807) is 6.92 Å². The van der Waals surface area contributed by atoms with E-state index in [-0.39, 0.29) is 34.4 Å². The topological polar surface area (TPSA) is 17.1 Å². The summed E-state index contributed by atoms with van der Waals surface area (Å²) in [6.07, 6.45) is 0.182. The highest BCUT2D eigenvalue weighted by molar-refractivity contribution is 9.10. The lowest BCUT2D eigenvalue weighted by molar-refractivity contribution is -0.0328. The Kier molecular flexibility index (Phi) is 4.43. The van der Waals surface area contributed by atoms with E-state index in [9.17, 15) is 18.0 Å². The zero-order valence-corrected chi connectivity index (χ0v) is 10.7. The molecule has 0 bridgehead atoms. The average molecular weight is 313 g/mol. The third kappa shape index (κ3) is 3.83. The fourth-order valence-electron chi connectivity index (χ4n) is 1.12. The number of halogens is 4. The Labute approximate surface area is 104 Å². The first kappa shape index (κ1) is 13.6. The van der Waals surface area contributed by atoms with Crippen molar-refractivity contribution < 1.29 is 18.0 Å². The second-order valence-corrected chi connectivity index (χ2v) is 4.99. The van der Waals surface area contributed by atoms with Gasteiger partial charge in [-0.2, -0.15) is 13.2 Å². The molecule has 0 radical (unpaired) electrons. The molecule has 0 atom stereocenters. The number of hydrogen-bond donors (Lipinski definition) is 0. The molecule has 0 saturated carbocycles. The Morgan fingerprint density at radius 2 is 2.06 bits per heavy atom. The lowest BCUT2D eigenvalue weighted by atomic mass is 10.1. The molecule has 0 aliphatic rings. The monoisotopic (exact) mass is 312 g/mol. The van der Waals surface area contributed by atoms with Crippen molar-refractivity contribution in [3.05, 3.63) is 28.2 Å². The molecule has 6 heteroatoms. The minimum Gasteiger partial charge on any atom is -0.294 e. The van der Waals surface area contributed by atoms with Crippen LogP contribution in [0.25, 0.3) is 0 Å².